The summed E-state index contributed by atoms with van der Waals surface area (Å²) in [5.41, 5.74) is 18.6. The number of tetrazole rings is 3. The van der Waals surface area contributed by atoms with Crippen molar-refractivity contribution in [1.29, 1.82) is 5.41 Å². The third-order valence-corrected chi connectivity index (χ3v) is 15.4. The Morgan fingerprint density at radius 2 is 0.738 bits per heavy atom. The molecule has 141 heavy (non-hydrogen) atoms. The lowest BCUT2D eigenvalue weighted by molar-refractivity contribution is -0.125. The summed E-state index contributed by atoms with van der Waals surface area (Å²) in [7, 11) is 0. The normalized spacial score (nSPS) is 10.9. The monoisotopic (exact) mass is 1990 g/mol. The van der Waals surface area contributed by atoms with Crippen molar-refractivity contribution in [2.75, 3.05) is 6.54 Å². The van der Waals surface area contributed by atoms with E-state index >= 15 is 0 Å². The first-order chi connectivity index (χ1) is 64.8. The van der Waals surface area contributed by atoms with Crippen LogP contribution in [0.1, 0.15) is 441 Å². The van der Waals surface area contributed by atoms with Gasteiger partial charge in [0.1, 0.15) is 24.0 Å². The molecule has 0 aliphatic carbocycles. The number of hydrogen-bond acceptors (Lipinski definition) is 24. The van der Waals surface area contributed by atoms with Gasteiger partial charge in [0.05, 0.1) is 17.3 Å². The number of aliphatic hydroxyl groups excluding tert-OH is 1. The van der Waals surface area contributed by atoms with Gasteiger partial charge in [0.25, 0.3) is 0 Å². The highest BCUT2D eigenvalue weighted by Gasteiger charge is 2.13. The molecule has 8 rings (SSSR count). The number of aliphatic hydroxyl groups is 1. The second-order valence-electron chi connectivity index (χ2n) is 40.8. The van der Waals surface area contributed by atoms with Crippen molar-refractivity contribution in [3.05, 3.63) is 134 Å². The molecule has 8 heterocycles. The Morgan fingerprint density at radius 1 is 0.433 bits per heavy atom. The van der Waals surface area contributed by atoms with Gasteiger partial charge in [-0.3, -0.25) is 38.6 Å². The molecule has 0 unspecified atom stereocenters. The Morgan fingerprint density at radius 3 is 0.830 bits per heavy atom. The molecular weight excluding hydrogens is 1780 g/mol. The zero-order valence-electron chi connectivity index (χ0n) is 97.6. The minimum atomic E-state index is -0.241. The SMILES string of the molecule is CC(C)/C=C(\O)C(C)C.CC(C)C.CC(C)C.CC(C)C(N)=O.CC(C)C(N)=O.CC(C)C1=NN=NC1.CC(C)C=N.CC(C)CC(=O)C(C)C.CC(C)N=C(N)C(C)C.CC(C)NC(=O)C(C)C.CC(C)NC(=O)C(C)C.CC(C)c1cnc(C(C)C)[nH]1.CC(C)c1cnc(C(C)C)[nH]1.CC(C)c1nn[nH]n1.CC(C)c1nn[nH]n1.CC(C)c1nn[nH]n1.CCC.O=c1cccc[nH]1.O=c1cccc[nH]1. The minimum Gasteiger partial charge on any atom is -0.512 e. The molecule has 4 amide bonds. The maximum atomic E-state index is 11.0. The summed E-state index contributed by atoms with van der Waals surface area (Å²) in [6.45, 7) is 102. The first-order valence-electron chi connectivity index (χ1n) is 50.3. The lowest BCUT2D eigenvalue weighted by Crippen LogP contribution is -2.33. The van der Waals surface area contributed by atoms with Gasteiger partial charge in [-0.15, -0.1) is 35.7 Å². The summed E-state index contributed by atoms with van der Waals surface area (Å²) in [4.78, 5) is 97.2. The molecule has 0 atom stereocenters. The highest BCUT2D eigenvalue weighted by atomic mass is 16.3. The third-order valence-electron chi connectivity index (χ3n) is 15.4. The van der Waals surface area contributed by atoms with Gasteiger partial charge in [0.2, 0.25) is 34.7 Å². The second kappa shape index (κ2) is 96.5. The number of amides is 4. The average Bonchev–Trinajstić information content (AvgIpc) is 1.75. The number of hydrogen-bond donors (Lipinski definition) is 14. The number of primary amides is 2. The van der Waals surface area contributed by atoms with Crippen molar-refractivity contribution in [1.82, 2.24) is 102 Å². The van der Waals surface area contributed by atoms with Gasteiger partial charge in [0.15, 0.2) is 17.5 Å². The quantitative estimate of drug-likeness (QED) is 0.0170. The van der Waals surface area contributed by atoms with Gasteiger partial charge >= 0.3 is 0 Å². The van der Waals surface area contributed by atoms with Crippen molar-refractivity contribution in [3.63, 3.8) is 0 Å². The lowest BCUT2D eigenvalue weighted by atomic mass is 9.99. The number of pyridine rings is 2. The molecule has 0 saturated heterocycles. The molecule has 36 heteroatoms. The van der Waals surface area contributed by atoms with E-state index in [4.69, 9.17) is 27.7 Å². The molecule has 0 bridgehead atoms. The molecule has 1 aliphatic rings. The molecule has 1 aliphatic heterocycles. The Hall–Kier alpha value is -11.0. The molecule has 36 nitrogen and oxygen atoms in total. The molecule has 7 aromatic heterocycles. The van der Waals surface area contributed by atoms with Crippen LogP contribution in [0.2, 0.25) is 0 Å². The predicted octanol–water partition coefficient (Wildman–Crippen LogP) is 23.5. The topological polar surface area (TPSA) is 567 Å². The van der Waals surface area contributed by atoms with E-state index in [0.717, 1.165) is 58.9 Å². The first-order valence-corrected chi connectivity index (χ1v) is 50.3. The van der Waals surface area contributed by atoms with E-state index in [1.807, 2.05) is 185 Å². The van der Waals surface area contributed by atoms with Crippen LogP contribution in [0.4, 0.5) is 0 Å². The van der Waals surface area contributed by atoms with Gasteiger partial charge in [-0.2, -0.15) is 20.8 Å². The first kappa shape index (κ1) is 153. The number of carbonyl (C=O) groups excluding carboxylic acids is 5. The van der Waals surface area contributed by atoms with Crippen LogP contribution in [0.3, 0.4) is 0 Å². The number of nitrogens with zero attached hydrogens (tertiary/aromatic N) is 15. The van der Waals surface area contributed by atoms with Crippen LogP contribution in [0, 0.1) is 82.3 Å². The van der Waals surface area contributed by atoms with Crippen molar-refractivity contribution in [2.24, 2.45) is 115 Å². The molecule has 0 spiro atoms. The maximum absolute atomic E-state index is 11.0. The van der Waals surface area contributed by atoms with Gasteiger partial charge < -0.3 is 58.3 Å². The molecule has 0 saturated carbocycles. The zero-order valence-corrected chi connectivity index (χ0v) is 97.6. The van der Waals surface area contributed by atoms with Crippen molar-refractivity contribution >= 4 is 47.2 Å². The van der Waals surface area contributed by atoms with Crippen LogP contribution in [0.25, 0.3) is 0 Å². The highest BCUT2D eigenvalue weighted by Crippen LogP contribution is 2.18. The van der Waals surface area contributed by atoms with E-state index in [2.05, 4.69) is 275 Å². The summed E-state index contributed by atoms with van der Waals surface area (Å²) >= 11 is 0. The number of aromatic nitrogens is 18. The van der Waals surface area contributed by atoms with Crippen LogP contribution >= 0.6 is 0 Å². The van der Waals surface area contributed by atoms with E-state index in [0.29, 0.717) is 95.1 Å². The van der Waals surface area contributed by atoms with E-state index in [-0.39, 0.29) is 82.3 Å². The molecule has 0 fully saturated rings. The minimum absolute atomic E-state index is 0.00926. The third kappa shape index (κ3) is 118. The summed E-state index contributed by atoms with van der Waals surface area (Å²) < 4.78 is 0. The van der Waals surface area contributed by atoms with Crippen molar-refractivity contribution < 1.29 is 29.1 Å². The van der Waals surface area contributed by atoms with Gasteiger partial charge in [-0.05, 0) is 119 Å². The number of H-pyrrole nitrogens is 7. The highest BCUT2D eigenvalue weighted by molar-refractivity contribution is 5.88. The molecule has 816 valence electrons. The number of Topliss-reactive ketones (excluding diaryl/α,β-unsaturated/α-hetero) is 1. The van der Waals surface area contributed by atoms with E-state index in [1.165, 1.54) is 36.2 Å². The molecular formula is C105H208N28O8. The largest absolute Gasteiger partial charge is 0.512 e. The standard InChI is InChI=1S/2C9H16N2.2C8H16O.C7H16N2.2C7H15NO.C5H9N3.2C5H5NO.3C4H8N4.2C4H9NO.C4H9N.2C4H10.C3H8/c2*1-6(2)8-5-10-9(11-8)7(3)4;2*1-6(2)5-8(9)7(3)4;1-5(2)7(8)9-6(3)4;2*1-5(2)7(9)8-6(3)4;1-4(2)5-3-6-8-7-5;2*7-5-3-1-2-4-6-5;3*1-3(2)4-5-7-8-6-4;2*1-3(2)4(5)6;1-4(2)3-5;2*1-4(2)3;1-3-2/h2*5-7H,1-4H3,(H,10,11);6-7H,5H2,1-4H3;5-7,9H,1-4H3;5-6H,1-4H3,(H2,8,9);2*5-6H,1-4H3,(H,8,9);4H,3H2,1-2H3;2*1-4H,(H,6,7);3*3H,1-2H3,(H,5,6,7,8);2*3H,1-2H3,(H2,5,6);3-5H,1-2H3;2*4H,1-3H3;3H2,1-2H3/b;;;8-5-;;;;;;;;;;;;;;;. The number of aromatic amines is 7. The number of rotatable bonds is 22. The Bertz CT molecular complexity index is 3840. The van der Waals surface area contributed by atoms with Crippen LogP contribution in [0.5, 0.6) is 0 Å². The van der Waals surface area contributed by atoms with Crippen LogP contribution < -0.4 is 39.0 Å². The summed E-state index contributed by atoms with van der Waals surface area (Å²) in [5, 5.41) is 72.3. The predicted molar refractivity (Wildman–Crippen MR) is 591 cm³/mol. The maximum Gasteiger partial charge on any atom is 0.247 e. The number of ketones is 1. The number of nitrogens with two attached hydrogens (primary N) is 3. The van der Waals surface area contributed by atoms with E-state index in [1.54, 1.807) is 64.4 Å². The van der Waals surface area contributed by atoms with Crippen LogP contribution in [0.15, 0.2) is 103 Å². The summed E-state index contributed by atoms with van der Waals surface area (Å²) in [6.07, 6.45) is 12.3. The summed E-state index contributed by atoms with van der Waals surface area (Å²) in [5.74, 6) is 13.7. The number of aliphatic imine (C=N–C) groups is 1. The fourth-order valence-corrected chi connectivity index (χ4v) is 6.92. The van der Waals surface area contributed by atoms with Gasteiger partial charge in [-0.25, -0.2) is 9.97 Å². The van der Waals surface area contributed by atoms with Crippen molar-refractivity contribution in [2.45, 2.75) is 419 Å². The smallest absolute Gasteiger partial charge is 0.247 e. The second-order valence-corrected chi connectivity index (χ2v) is 40.8. The molecule has 7 aromatic rings. The zero-order chi connectivity index (χ0) is 113. The number of amidine groups is 1. The number of carbonyl (C=O) groups is 5. The van der Waals surface area contributed by atoms with Crippen molar-refractivity contribution in [3.8, 4) is 0 Å². The van der Waals surface area contributed by atoms with Gasteiger partial charge in [-0.1, -0.05) is 339 Å². The summed E-state index contributed by atoms with van der Waals surface area (Å²) in [6, 6.07) is 10.7. The van der Waals surface area contributed by atoms with E-state index in [9.17, 15) is 33.6 Å². The average molecular weight is 1990 g/mol. The van der Waals surface area contributed by atoms with Crippen LogP contribution in [-0.4, -0.2) is 169 Å². The molecule has 0 aromatic carbocycles. The Balaban J connectivity index is -0.000000141. The molecule has 0 radical (unpaired) electrons. The number of imidazole rings is 2. The van der Waals surface area contributed by atoms with Gasteiger partial charge in [0, 0.05) is 144 Å². The Labute approximate surface area is 853 Å². The lowest BCUT2D eigenvalue weighted by Gasteiger charge is -2.09. The van der Waals surface area contributed by atoms with Crippen LogP contribution in [-0.2, 0) is 24.0 Å². The fraction of sp³-hybridized carbons (Fsp3) is 0.724. The Kier molecular flexibility index (Phi) is 105. The molecule has 17 N–H and O–H groups in total. The number of nitrogens with one attached hydrogen (secondary N) is 10. The van der Waals surface area contributed by atoms with E-state index < -0.39 is 0 Å². The number of allylic oxidation sites excluding steroid dienone is 2. The fourth-order valence-electron chi connectivity index (χ4n) is 6.92.